The maximum Gasteiger partial charge on any atom is 0.225 e. The van der Waals surface area contributed by atoms with E-state index in [4.69, 9.17) is 5.73 Å². The topological polar surface area (TPSA) is 88.2 Å². The molecule has 5 heteroatoms. The Morgan fingerprint density at radius 3 is 2.94 bits per heavy atom. The number of aromatic nitrogens is 1. The summed E-state index contributed by atoms with van der Waals surface area (Å²) in [6.07, 6.45) is 1.11. The number of aryl methyl sites for hydroxylation is 1. The normalized spacial score (nSPS) is 12.2. The second-order valence-electron chi connectivity index (χ2n) is 4.25. The molecule has 1 rings (SSSR count). The Morgan fingerprint density at radius 1 is 1.59 bits per heavy atom. The van der Waals surface area contributed by atoms with Crippen LogP contribution in [0.3, 0.4) is 0 Å². The minimum Gasteiger partial charge on any atom is -0.504 e. The number of nitrogens with one attached hydrogen (secondary N) is 1. The first kappa shape index (κ1) is 13.4. The van der Waals surface area contributed by atoms with Crippen LogP contribution in [0.15, 0.2) is 12.1 Å². The molecular weight excluding hydrogens is 218 g/mol. The van der Waals surface area contributed by atoms with Gasteiger partial charge >= 0.3 is 0 Å². The molecule has 0 saturated carbocycles. The Bertz CT molecular complexity index is 393. The molecule has 0 spiro atoms. The number of amides is 1. The largest absolute Gasteiger partial charge is 0.504 e. The number of anilines is 1. The number of hydrogen-bond acceptors (Lipinski definition) is 4. The zero-order valence-electron chi connectivity index (χ0n) is 10.2. The van der Waals surface area contributed by atoms with E-state index in [2.05, 4.69) is 10.3 Å². The van der Waals surface area contributed by atoms with Crippen LogP contribution < -0.4 is 11.1 Å². The lowest BCUT2D eigenvalue weighted by molar-refractivity contribution is -0.116. The minimum atomic E-state index is -0.154. The molecule has 0 radical (unpaired) electrons. The third-order valence-corrected chi connectivity index (χ3v) is 2.54. The third kappa shape index (κ3) is 4.40. The predicted molar refractivity (Wildman–Crippen MR) is 66.7 cm³/mol. The summed E-state index contributed by atoms with van der Waals surface area (Å²) in [4.78, 5) is 15.6. The van der Waals surface area contributed by atoms with Gasteiger partial charge in [0.15, 0.2) is 11.6 Å². The van der Waals surface area contributed by atoms with Crippen molar-refractivity contribution >= 4 is 11.7 Å². The van der Waals surface area contributed by atoms with Gasteiger partial charge in [-0.25, -0.2) is 4.98 Å². The number of carbonyl (C=O) groups excluding carboxylic acids is 1. The second-order valence-corrected chi connectivity index (χ2v) is 4.25. The zero-order valence-corrected chi connectivity index (χ0v) is 10.2. The van der Waals surface area contributed by atoms with Crippen LogP contribution in [0.2, 0.25) is 0 Å². The molecule has 0 aliphatic rings. The van der Waals surface area contributed by atoms with Gasteiger partial charge < -0.3 is 16.2 Å². The molecule has 1 amide bonds. The molecule has 4 N–H and O–H groups in total. The van der Waals surface area contributed by atoms with Gasteiger partial charge in [-0.3, -0.25) is 4.79 Å². The van der Waals surface area contributed by atoms with Crippen molar-refractivity contribution in [3.8, 4) is 5.75 Å². The van der Waals surface area contributed by atoms with Crippen LogP contribution in [-0.4, -0.2) is 22.5 Å². The van der Waals surface area contributed by atoms with E-state index >= 15 is 0 Å². The fraction of sp³-hybridized carbons (Fsp3) is 0.500. The molecule has 94 valence electrons. The lowest BCUT2D eigenvalue weighted by atomic mass is 10.1. The quantitative estimate of drug-likeness (QED) is 0.722. The first-order valence-corrected chi connectivity index (χ1v) is 5.69. The first-order valence-electron chi connectivity index (χ1n) is 5.69. The molecule has 1 unspecified atom stereocenters. The summed E-state index contributed by atoms with van der Waals surface area (Å²) < 4.78 is 0. The van der Waals surface area contributed by atoms with E-state index in [0.29, 0.717) is 18.9 Å². The molecule has 1 heterocycles. The van der Waals surface area contributed by atoms with E-state index in [9.17, 15) is 9.90 Å². The molecule has 0 aliphatic heterocycles. The van der Waals surface area contributed by atoms with Crippen molar-refractivity contribution in [2.45, 2.75) is 26.7 Å². The van der Waals surface area contributed by atoms with E-state index in [1.54, 1.807) is 13.0 Å². The standard InChI is InChI=1S/C12H19N3O2/c1-8(7-13)3-6-11(17)15-12-10(16)5-4-9(2)14-12/h4-5,8,16H,3,6-7,13H2,1-2H3,(H,14,15,17). The zero-order chi connectivity index (χ0) is 12.8. The number of pyridine rings is 1. The monoisotopic (exact) mass is 237 g/mol. The highest BCUT2D eigenvalue weighted by molar-refractivity contribution is 5.90. The van der Waals surface area contributed by atoms with Crippen molar-refractivity contribution in [2.24, 2.45) is 11.7 Å². The van der Waals surface area contributed by atoms with Crippen LogP contribution in [-0.2, 0) is 4.79 Å². The summed E-state index contributed by atoms with van der Waals surface area (Å²) in [7, 11) is 0. The van der Waals surface area contributed by atoms with Crippen LogP contribution in [0, 0.1) is 12.8 Å². The van der Waals surface area contributed by atoms with Crippen molar-refractivity contribution in [1.29, 1.82) is 0 Å². The Balaban J connectivity index is 2.53. The highest BCUT2D eigenvalue weighted by Crippen LogP contribution is 2.20. The van der Waals surface area contributed by atoms with Crippen LogP contribution in [0.5, 0.6) is 5.75 Å². The molecule has 0 aromatic carbocycles. The third-order valence-electron chi connectivity index (χ3n) is 2.54. The summed E-state index contributed by atoms with van der Waals surface area (Å²) in [6.45, 7) is 4.36. The first-order chi connectivity index (χ1) is 8.02. The molecule has 1 aromatic rings. The molecule has 1 aromatic heterocycles. The van der Waals surface area contributed by atoms with Crippen LogP contribution >= 0.6 is 0 Å². The highest BCUT2D eigenvalue weighted by Gasteiger charge is 2.09. The number of rotatable bonds is 5. The Labute approximate surface area is 101 Å². The summed E-state index contributed by atoms with van der Waals surface area (Å²) >= 11 is 0. The number of nitrogens with zero attached hydrogens (tertiary/aromatic N) is 1. The lowest BCUT2D eigenvalue weighted by Gasteiger charge is -2.09. The van der Waals surface area contributed by atoms with Gasteiger partial charge in [-0.2, -0.15) is 0 Å². The van der Waals surface area contributed by atoms with Gasteiger partial charge in [-0.1, -0.05) is 6.92 Å². The smallest absolute Gasteiger partial charge is 0.225 e. The molecule has 1 atom stereocenters. The Morgan fingerprint density at radius 2 is 2.29 bits per heavy atom. The average Bonchev–Trinajstić information content (AvgIpc) is 2.30. The maximum absolute atomic E-state index is 11.6. The van der Waals surface area contributed by atoms with Gasteiger partial charge in [0.2, 0.25) is 5.91 Å². The Kier molecular flexibility index (Phi) is 4.90. The summed E-state index contributed by atoms with van der Waals surface area (Å²) in [5, 5.41) is 12.1. The van der Waals surface area contributed by atoms with Crippen molar-refractivity contribution in [2.75, 3.05) is 11.9 Å². The van der Waals surface area contributed by atoms with E-state index in [-0.39, 0.29) is 17.5 Å². The lowest BCUT2D eigenvalue weighted by Crippen LogP contribution is -2.17. The van der Waals surface area contributed by atoms with Crippen molar-refractivity contribution in [3.63, 3.8) is 0 Å². The Hall–Kier alpha value is -1.62. The van der Waals surface area contributed by atoms with Crippen LogP contribution in [0.25, 0.3) is 0 Å². The highest BCUT2D eigenvalue weighted by atomic mass is 16.3. The number of nitrogens with two attached hydrogens (primary N) is 1. The molecule has 0 aliphatic carbocycles. The van der Waals surface area contributed by atoms with Gasteiger partial charge in [0.25, 0.3) is 0 Å². The van der Waals surface area contributed by atoms with E-state index in [1.165, 1.54) is 6.07 Å². The van der Waals surface area contributed by atoms with Crippen LogP contribution in [0.1, 0.15) is 25.5 Å². The fourth-order valence-electron chi connectivity index (χ4n) is 1.33. The summed E-state index contributed by atoms with van der Waals surface area (Å²) in [5.74, 6) is 0.366. The number of hydrogen-bond donors (Lipinski definition) is 3. The van der Waals surface area contributed by atoms with Crippen molar-refractivity contribution in [1.82, 2.24) is 4.98 Å². The minimum absolute atomic E-state index is 0.0178. The summed E-state index contributed by atoms with van der Waals surface area (Å²) in [6, 6.07) is 3.20. The fourth-order valence-corrected chi connectivity index (χ4v) is 1.33. The SMILES string of the molecule is Cc1ccc(O)c(NC(=O)CCC(C)CN)n1. The predicted octanol–water partition coefficient (Wildman–Crippen LogP) is 1.41. The van der Waals surface area contributed by atoms with Gasteiger partial charge in [0.05, 0.1) is 0 Å². The average molecular weight is 237 g/mol. The second kappa shape index (κ2) is 6.20. The van der Waals surface area contributed by atoms with E-state index < -0.39 is 0 Å². The molecular formula is C12H19N3O2. The van der Waals surface area contributed by atoms with E-state index in [0.717, 1.165) is 12.1 Å². The molecule has 17 heavy (non-hydrogen) atoms. The molecule has 5 nitrogen and oxygen atoms in total. The summed E-state index contributed by atoms with van der Waals surface area (Å²) in [5.41, 5.74) is 6.21. The number of carbonyl (C=O) groups is 1. The van der Waals surface area contributed by atoms with E-state index in [1.807, 2.05) is 6.92 Å². The molecule has 0 saturated heterocycles. The van der Waals surface area contributed by atoms with Crippen LogP contribution in [0.4, 0.5) is 5.82 Å². The van der Waals surface area contributed by atoms with Gasteiger partial charge in [0, 0.05) is 12.1 Å². The van der Waals surface area contributed by atoms with Gasteiger partial charge in [-0.05, 0) is 37.9 Å². The number of aromatic hydroxyl groups is 1. The molecule has 0 fully saturated rings. The van der Waals surface area contributed by atoms with Crippen molar-refractivity contribution < 1.29 is 9.90 Å². The maximum atomic E-state index is 11.6. The van der Waals surface area contributed by atoms with Gasteiger partial charge in [-0.15, -0.1) is 0 Å². The van der Waals surface area contributed by atoms with Crippen molar-refractivity contribution in [3.05, 3.63) is 17.8 Å². The molecule has 0 bridgehead atoms. The van der Waals surface area contributed by atoms with Gasteiger partial charge in [0.1, 0.15) is 0 Å².